The number of benzene rings is 1. The van der Waals surface area contributed by atoms with Gasteiger partial charge in [-0.25, -0.2) is 0 Å². The molecule has 0 fully saturated rings. The Hall–Kier alpha value is -1.55. The van der Waals surface area contributed by atoms with Gasteiger partial charge in [-0.15, -0.1) is 0 Å². The van der Waals surface area contributed by atoms with Crippen LogP contribution in [0.2, 0.25) is 0 Å². The fraction of sp³-hybridized carbons (Fsp3) is 0.286. The normalized spacial score (nSPS) is 10.8. The van der Waals surface area contributed by atoms with E-state index in [9.17, 15) is 14.7 Å². The van der Waals surface area contributed by atoms with Crippen molar-refractivity contribution in [2.75, 3.05) is 5.75 Å². The Morgan fingerprint density at radius 3 is 2.56 bits per heavy atom. The third kappa shape index (κ3) is 4.04. The lowest BCUT2D eigenvalue weighted by Gasteiger charge is -2.06. The first-order chi connectivity index (χ1) is 8.41. The van der Waals surface area contributed by atoms with E-state index in [1.54, 1.807) is 12.1 Å². The highest BCUT2D eigenvalue weighted by atomic mass is 32.2. The molecule has 3 nitrogen and oxygen atoms in total. The van der Waals surface area contributed by atoms with Crippen LogP contribution >= 0.6 is 11.8 Å². The van der Waals surface area contributed by atoms with Gasteiger partial charge in [-0.05, 0) is 37.1 Å². The summed E-state index contributed by atoms with van der Waals surface area (Å²) in [6, 6.07) is 3.25. The molecule has 0 aliphatic carbocycles. The second-order valence-corrected chi connectivity index (χ2v) is 5.18. The smallest absolute Gasteiger partial charge is 0.186 e. The highest BCUT2D eigenvalue weighted by Gasteiger charge is 2.08. The first-order valence-corrected chi connectivity index (χ1v) is 6.55. The molecule has 0 saturated heterocycles. The Morgan fingerprint density at radius 2 is 2.00 bits per heavy atom. The summed E-state index contributed by atoms with van der Waals surface area (Å²) in [5.41, 5.74) is 2.10. The zero-order chi connectivity index (χ0) is 13.7. The number of Topliss-reactive ketones (excluding diaryl/α,β-unsaturated/α-hetero) is 1. The molecule has 0 atom stereocenters. The molecular weight excluding hydrogens is 248 g/mol. The molecule has 1 aromatic rings. The summed E-state index contributed by atoms with van der Waals surface area (Å²) in [5, 5.41) is 9.79. The second kappa shape index (κ2) is 6.40. The topological polar surface area (TPSA) is 54.4 Å². The summed E-state index contributed by atoms with van der Waals surface area (Å²) in [7, 11) is 0. The molecule has 1 N–H and O–H groups in total. The summed E-state index contributed by atoms with van der Waals surface area (Å²) in [4.78, 5) is 22.0. The molecule has 0 spiro atoms. The van der Waals surface area contributed by atoms with Crippen molar-refractivity contribution in [3.05, 3.63) is 34.9 Å². The van der Waals surface area contributed by atoms with Gasteiger partial charge in [0.15, 0.2) is 10.9 Å². The van der Waals surface area contributed by atoms with Crippen LogP contribution in [0.25, 0.3) is 6.08 Å². The zero-order valence-electron chi connectivity index (χ0n) is 10.7. The molecule has 0 aliphatic heterocycles. The van der Waals surface area contributed by atoms with Crippen LogP contribution < -0.4 is 0 Å². The standard InChI is InChI=1S/C14H16O3S/c1-9-7-13(10(2)15)14(17)8-12(9)5-4-6-18-11(3)16/h4-5,7-8,17H,6H2,1-3H3. The van der Waals surface area contributed by atoms with Crippen LogP contribution in [0.1, 0.15) is 35.3 Å². The zero-order valence-corrected chi connectivity index (χ0v) is 11.5. The molecule has 4 heteroatoms. The van der Waals surface area contributed by atoms with Crippen molar-refractivity contribution < 1.29 is 14.7 Å². The molecule has 18 heavy (non-hydrogen) atoms. The summed E-state index contributed by atoms with van der Waals surface area (Å²) >= 11 is 1.23. The molecule has 0 aliphatic rings. The SMILES string of the molecule is CC(=O)SCC=Cc1cc(O)c(C(C)=O)cc1C. The van der Waals surface area contributed by atoms with Crippen molar-refractivity contribution >= 4 is 28.7 Å². The largest absolute Gasteiger partial charge is 0.507 e. The van der Waals surface area contributed by atoms with E-state index in [4.69, 9.17) is 0 Å². The van der Waals surface area contributed by atoms with E-state index in [2.05, 4.69) is 0 Å². The van der Waals surface area contributed by atoms with Crippen LogP contribution in [0.5, 0.6) is 5.75 Å². The Balaban J connectivity index is 2.88. The molecule has 0 unspecified atom stereocenters. The van der Waals surface area contributed by atoms with Crippen molar-refractivity contribution in [1.29, 1.82) is 0 Å². The molecule has 0 amide bonds. The van der Waals surface area contributed by atoms with E-state index in [0.717, 1.165) is 11.1 Å². The van der Waals surface area contributed by atoms with Crippen molar-refractivity contribution in [3.8, 4) is 5.75 Å². The first kappa shape index (κ1) is 14.5. The minimum Gasteiger partial charge on any atom is -0.507 e. The number of carbonyl (C=O) groups excluding carboxylic acids is 2. The van der Waals surface area contributed by atoms with Crippen LogP contribution in [0.4, 0.5) is 0 Å². The van der Waals surface area contributed by atoms with E-state index in [-0.39, 0.29) is 16.6 Å². The van der Waals surface area contributed by atoms with Gasteiger partial charge in [-0.1, -0.05) is 23.9 Å². The number of ketones is 1. The van der Waals surface area contributed by atoms with E-state index in [1.807, 2.05) is 19.1 Å². The Morgan fingerprint density at radius 1 is 1.33 bits per heavy atom. The monoisotopic (exact) mass is 264 g/mol. The molecular formula is C14H16O3S. The summed E-state index contributed by atoms with van der Waals surface area (Å²) in [6.45, 7) is 4.83. The van der Waals surface area contributed by atoms with Gasteiger partial charge >= 0.3 is 0 Å². The van der Waals surface area contributed by atoms with Crippen molar-refractivity contribution in [3.63, 3.8) is 0 Å². The number of rotatable bonds is 4. The number of hydrogen-bond acceptors (Lipinski definition) is 4. The quantitative estimate of drug-likeness (QED) is 0.848. The average Bonchev–Trinajstić information content (AvgIpc) is 2.27. The third-order valence-corrected chi connectivity index (χ3v) is 3.21. The van der Waals surface area contributed by atoms with E-state index in [1.165, 1.54) is 25.6 Å². The van der Waals surface area contributed by atoms with Crippen molar-refractivity contribution in [1.82, 2.24) is 0 Å². The average molecular weight is 264 g/mol. The van der Waals surface area contributed by atoms with Gasteiger partial charge in [-0.3, -0.25) is 9.59 Å². The number of hydrogen-bond donors (Lipinski definition) is 1. The fourth-order valence-corrected chi connectivity index (χ4v) is 1.94. The maximum absolute atomic E-state index is 11.2. The summed E-state index contributed by atoms with van der Waals surface area (Å²) < 4.78 is 0. The van der Waals surface area contributed by atoms with Gasteiger partial charge in [-0.2, -0.15) is 0 Å². The maximum atomic E-state index is 11.2. The Kier molecular flexibility index (Phi) is 5.16. The number of phenolic OH excluding ortho intramolecular Hbond substituents is 1. The number of phenols is 1. The predicted octanol–water partition coefficient (Wildman–Crippen LogP) is 3.20. The summed E-state index contributed by atoms with van der Waals surface area (Å²) in [6.07, 6.45) is 3.70. The van der Waals surface area contributed by atoms with Gasteiger partial charge in [0.05, 0.1) is 5.56 Å². The van der Waals surface area contributed by atoms with Gasteiger partial charge in [0.1, 0.15) is 5.75 Å². The van der Waals surface area contributed by atoms with Crippen LogP contribution in [0.15, 0.2) is 18.2 Å². The molecule has 0 heterocycles. The maximum Gasteiger partial charge on any atom is 0.186 e. The first-order valence-electron chi connectivity index (χ1n) is 5.56. The lowest BCUT2D eigenvalue weighted by molar-refractivity contribution is -0.109. The number of aromatic hydroxyl groups is 1. The predicted molar refractivity (Wildman–Crippen MR) is 75.0 cm³/mol. The minimum absolute atomic E-state index is 0.00743. The number of aryl methyl sites for hydroxylation is 1. The van der Waals surface area contributed by atoms with Crippen LogP contribution in [0, 0.1) is 6.92 Å². The number of carbonyl (C=O) groups is 2. The summed E-state index contributed by atoms with van der Waals surface area (Å²) in [5.74, 6) is 0.439. The van der Waals surface area contributed by atoms with Gasteiger partial charge in [0.2, 0.25) is 0 Å². The molecule has 1 aromatic carbocycles. The minimum atomic E-state index is -0.154. The molecule has 0 aromatic heterocycles. The Labute approximate surface area is 111 Å². The fourth-order valence-electron chi connectivity index (χ4n) is 1.51. The molecule has 1 rings (SSSR count). The lowest BCUT2D eigenvalue weighted by Crippen LogP contribution is -1.95. The molecule has 96 valence electrons. The molecule has 0 radical (unpaired) electrons. The van der Waals surface area contributed by atoms with Crippen molar-refractivity contribution in [2.24, 2.45) is 0 Å². The third-order valence-electron chi connectivity index (χ3n) is 2.44. The highest BCUT2D eigenvalue weighted by molar-refractivity contribution is 8.13. The van der Waals surface area contributed by atoms with Gasteiger partial charge in [0, 0.05) is 12.7 Å². The van der Waals surface area contributed by atoms with E-state index < -0.39 is 0 Å². The van der Waals surface area contributed by atoms with Crippen molar-refractivity contribution in [2.45, 2.75) is 20.8 Å². The second-order valence-electron chi connectivity index (χ2n) is 3.99. The Bertz CT molecular complexity index is 504. The van der Waals surface area contributed by atoms with Crippen LogP contribution in [0.3, 0.4) is 0 Å². The van der Waals surface area contributed by atoms with Crippen LogP contribution in [-0.2, 0) is 4.79 Å². The van der Waals surface area contributed by atoms with Crippen LogP contribution in [-0.4, -0.2) is 21.8 Å². The van der Waals surface area contributed by atoms with E-state index >= 15 is 0 Å². The van der Waals surface area contributed by atoms with Gasteiger partial charge < -0.3 is 5.11 Å². The van der Waals surface area contributed by atoms with Gasteiger partial charge in [0.25, 0.3) is 0 Å². The molecule has 0 bridgehead atoms. The lowest BCUT2D eigenvalue weighted by atomic mass is 10.0. The highest BCUT2D eigenvalue weighted by Crippen LogP contribution is 2.23. The van der Waals surface area contributed by atoms with E-state index in [0.29, 0.717) is 11.3 Å². The number of thioether (sulfide) groups is 1. The molecule has 0 saturated carbocycles.